The number of carbonyl (C=O) groups excluding carboxylic acids is 1. The number of hydrogen-bond acceptors (Lipinski definition) is 3. The van der Waals surface area contributed by atoms with E-state index in [1.54, 1.807) is 12.3 Å². The van der Waals surface area contributed by atoms with Crippen molar-refractivity contribution in [2.75, 3.05) is 6.61 Å². The summed E-state index contributed by atoms with van der Waals surface area (Å²) in [7, 11) is 0. The van der Waals surface area contributed by atoms with Crippen molar-refractivity contribution < 1.29 is 9.90 Å². The van der Waals surface area contributed by atoms with Crippen LogP contribution in [0, 0.1) is 0 Å². The maximum atomic E-state index is 11.3. The largest absolute Gasteiger partial charge is 0.388 e. The Hall–Kier alpha value is -2.00. The van der Waals surface area contributed by atoms with E-state index in [2.05, 4.69) is 31.0 Å². The monoisotopic (exact) mass is 269 g/mol. The van der Waals surface area contributed by atoms with Gasteiger partial charge in [0.2, 0.25) is 5.78 Å². The molecule has 0 bridgehead atoms. The van der Waals surface area contributed by atoms with Gasteiger partial charge in [-0.1, -0.05) is 50.2 Å². The molecule has 0 fully saturated rings. The van der Waals surface area contributed by atoms with Crippen LogP contribution in [0.3, 0.4) is 0 Å². The van der Waals surface area contributed by atoms with Gasteiger partial charge < -0.3 is 5.11 Å². The van der Waals surface area contributed by atoms with Crippen LogP contribution >= 0.6 is 0 Å². The van der Waals surface area contributed by atoms with E-state index in [0.29, 0.717) is 5.69 Å². The van der Waals surface area contributed by atoms with Gasteiger partial charge in [-0.15, -0.1) is 0 Å². The molecule has 0 saturated heterocycles. The first kappa shape index (κ1) is 14.4. The molecule has 0 radical (unpaired) electrons. The lowest BCUT2D eigenvalue weighted by Crippen LogP contribution is -2.20. The first-order valence-electron chi connectivity index (χ1n) is 6.67. The summed E-state index contributed by atoms with van der Waals surface area (Å²) in [6.45, 7) is 3.88. The van der Waals surface area contributed by atoms with Crippen molar-refractivity contribution in [3.63, 3.8) is 0 Å². The Morgan fingerprint density at radius 3 is 2.40 bits per heavy atom. The number of aromatic nitrogens is 1. The van der Waals surface area contributed by atoms with Gasteiger partial charge in [-0.25, -0.2) is 0 Å². The lowest BCUT2D eigenvalue weighted by atomic mass is 9.79. The van der Waals surface area contributed by atoms with Crippen LogP contribution in [-0.2, 0) is 11.8 Å². The molecule has 0 atom stereocenters. The zero-order chi connectivity index (χ0) is 14.6. The topological polar surface area (TPSA) is 50.2 Å². The van der Waals surface area contributed by atoms with Gasteiger partial charge in [0, 0.05) is 6.20 Å². The van der Waals surface area contributed by atoms with Crippen molar-refractivity contribution in [2.45, 2.75) is 25.7 Å². The van der Waals surface area contributed by atoms with E-state index in [1.165, 1.54) is 5.56 Å². The molecule has 20 heavy (non-hydrogen) atoms. The normalized spacial score (nSPS) is 11.3. The van der Waals surface area contributed by atoms with Crippen molar-refractivity contribution in [3.8, 4) is 0 Å². The Kier molecular flexibility index (Phi) is 4.30. The summed E-state index contributed by atoms with van der Waals surface area (Å²) in [6.07, 6.45) is 2.56. The predicted molar refractivity (Wildman–Crippen MR) is 78.8 cm³/mol. The molecule has 1 N–H and O–H groups in total. The third kappa shape index (κ3) is 3.31. The lowest BCUT2D eigenvalue weighted by Gasteiger charge is -2.25. The van der Waals surface area contributed by atoms with Crippen molar-refractivity contribution in [2.24, 2.45) is 0 Å². The van der Waals surface area contributed by atoms with Gasteiger partial charge in [0.1, 0.15) is 12.3 Å². The summed E-state index contributed by atoms with van der Waals surface area (Å²) in [5, 5.41) is 8.80. The second kappa shape index (κ2) is 5.97. The van der Waals surface area contributed by atoms with Crippen molar-refractivity contribution >= 4 is 5.78 Å². The second-order valence-corrected chi connectivity index (χ2v) is 5.56. The van der Waals surface area contributed by atoms with Gasteiger partial charge in [-0.05, 0) is 29.0 Å². The molecular weight excluding hydrogens is 250 g/mol. The summed E-state index contributed by atoms with van der Waals surface area (Å²) >= 11 is 0. The maximum absolute atomic E-state index is 11.3. The molecule has 2 aromatic rings. The smallest absolute Gasteiger partial charge is 0.206 e. The molecule has 0 saturated carbocycles. The molecule has 2 rings (SSSR count). The molecule has 0 spiro atoms. The van der Waals surface area contributed by atoms with Crippen LogP contribution in [0.1, 0.15) is 35.5 Å². The third-order valence-corrected chi connectivity index (χ3v) is 3.46. The fraction of sp³-hybridized carbons (Fsp3) is 0.294. The molecule has 1 aromatic heterocycles. The van der Waals surface area contributed by atoms with Crippen LogP contribution in [0.5, 0.6) is 0 Å². The van der Waals surface area contributed by atoms with Crippen LogP contribution in [0.25, 0.3) is 0 Å². The van der Waals surface area contributed by atoms with Crippen LogP contribution in [0.15, 0.2) is 48.7 Å². The highest BCUT2D eigenvalue weighted by Gasteiger charge is 2.21. The number of aliphatic hydroxyl groups excluding tert-OH is 1. The minimum atomic E-state index is -0.498. The summed E-state index contributed by atoms with van der Waals surface area (Å²) < 4.78 is 0. The van der Waals surface area contributed by atoms with Gasteiger partial charge in [0.15, 0.2) is 0 Å². The maximum Gasteiger partial charge on any atom is 0.206 e. The van der Waals surface area contributed by atoms with Gasteiger partial charge in [0.05, 0.1) is 0 Å². The van der Waals surface area contributed by atoms with E-state index in [4.69, 9.17) is 5.11 Å². The molecule has 104 valence electrons. The molecule has 1 heterocycles. The first-order chi connectivity index (χ1) is 9.53. The second-order valence-electron chi connectivity index (χ2n) is 5.56. The summed E-state index contributed by atoms with van der Waals surface area (Å²) in [4.78, 5) is 15.4. The predicted octanol–water partition coefficient (Wildman–Crippen LogP) is 2.78. The van der Waals surface area contributed by atoms with E-state index < -0.39 is 6.61 Å². The Morgan fingerprint density at radius 1 is 1.15 bits per heavy atom. The highest BCUT2D eigenvalue weighted by molar-refractivity contribution is 5.95. The number of pyridine rings is 1. The minimum Gasteiger partial charge on any atom is -0.388 e. The number of Topliss-reactive ketones (excluding diaryl/α,β-unsaturated/α-hetero) is 1. The number of benzene rings is 1. The molecule has 0 amide bonds. The molecule has 3 heteroatoms. The quantitative estimate of drug-likeness (QED) is 0.849. The van der Waals surface area contributed by atoms with E-state index in [0.717, 1.165) is 12.0 Å². The van der Waals surface area contributed by atoms with Gasteiger partial charge in [0.25, 0.3) is 0 Å². The van der Waals surface area contributed by atoms with Crippen molar-refractivity contribution in [3.05, 3.63) is 65.5 Å². The number of hydrogen-bond donors (Lipinski definition) is 1. The Morgan fingerprint density at radius 2 is 1.85 bits per heavy atom. The molecular formula is C17H19NO2. The van der Waals surface area contributed by atoms with Crippen molar-refractivity contribution in [1.29, 1.82) is 0 Å². The highest BCUT2D eigenvalue weighted by Crippen LogP contribution is 2.27. The standard InChI is InChI=1S/C17H19NO2/c1-17(2,14-6-4-3-5-7-14)10-13-8-9-15(18-11-13)16(20)12-19/h3-9,11,19H,10,12H2,1-2H3. The van der Waals surface area contributed by atoms with Gasteiger partial charge in [-0.3, -0.25) is 9.78 Å². The summed E-state index contributed by atoms with van der Waals surface area (Å²) in [5.41, 5.74) is 2.67. The van der Waals surface area contributed by atoms with Gasteiger partial charge in [-0.2, -0.15) is 0 Å². The van der Waals surface area contributed by atoms with Crippen LogP contribution in [0.4, 0.5) is 0 Å². The minimum absolute atomic E-state index is 0.00540. The zero-order valence-corrected chi connectivity index (χ0v) is 11.8. The Labute approximate surface area is 119 Å². The third-order valence-electron chi connectivity index (χ3n) is 3.46. The van der Waals surface area contributed by atoms with E-state index in [1.807, 2.05) is 24.3 Å². The number of carbonyl (C=O) groups is 1. The van der Waals surface area contributed by atoms with Crippen LogP contribution in [-0.4, -0.2) is 22.5 Å². The van der Waals surface area contributed by atoms with E-state index in [9.17, 15) is 4.79 Å². The molecule has 3 nitrogen and oxygen atoms in total. The molecule has 0 aliphatic rings. The fourth-order valence-corrected chi connectivity index (χ4v) is 2.28. The number of aliphatic hydroxyl groups is 1. The summed E-state index contributed by atoms with van der Waals surface area (Å²) in [6, 6.07) is 13.9. The number of nitrogens with zero attached hydrogens (tertiary/aromatic N) is 1. The fourth-order valence-electron chi connectivity index (χ4n) is 2.28. The molecule has 0 unspecified atom stereocenters. The Bertz CT molecular complexity index is 574. The average Bonchev–Trinajstić information content (AvgIpc) is 2.48. The van der Waals surface area contributed by atoms with E-state index in [-0.39, 0.29) is 11.2 Å². The molecule has 0 aliphatic carbocycles. The highest BCUT2D eigenvalue weighted by atomic mass is 16.3. The van der Waals surface area contributed by atoms with E-state index >= 15 is 0 Å². The zero-order valence-electron chi connectivity index (χ0n) is 11.8. The molecule has 1 aromatic carbocycles. The first-order valence-corrected chi connectivity index (χ1v) is 6.67. The van der Waals surface area contributed by atoms with Crippen LogP contribution in [0.2, 0.25) is 0 Å². The summed E-state index contributed by atoms with van der Waals surface area (Å²) in [5.74, 6) is -0.348. The van der Waals surface area contributed by atoms with Crippen molar-refractivity contribution in [1.82, 2.24) is 4.98 Å². The lowest BCUT2D eigenvalue weighted by molar-refractivity contribution is 0.0898. The number of ketones is 1. The van der Waals surface area contributed by atoms with Crippen LogP contribution < -0.4 is 0 Å². The number of rotatable bonds is 5. The molecule has 0 aliphatic heterocycles. The Balaban J connectivity index is 2.15. The average molecular weight is 269 g/mol. The SMILES string of the molecule is CC(C)(Cc1ccc(C(=O)CO)nc1)c1ccccc1. The van der Waals surface area contributed by atoms with Gasteiger partial charge >= 0.3 is 0 Å².